The summed E-state index contributed by atoms with van der Waals surface area (Å²) in [6, 6.07) is 11.9. The van der Waals surface area contributed by atoms with Crippen LogP contribution in [0.3, 0.4) is 0 Å². The predicted octanol–water partition coefficient (Wildman–Crippen LogP) is 6.27. The van der Waals surface area contributed by atoms with E-state index in [2.05, 4.69) is 62.1 Å². The van der Waals surface area contributed by atoms with E-state index in [0.29, 0.717) is 85.7 Å². The molecule has 67 heavy (non-hydrogen) atoms. The van der Waals surface area contributed by atoms with Crippen molar-refractivity contribution in [3.63, 3.8) is 0 Å². The molecule has 3 fully saturated rings. The van der Waals surface area contributed by atoms with Crippen molar-refractivity contribution >= 4 is 81.1 Å². The van der Waals surface area contributed by atoms with Crippen molar-refractivity contribution in [1.29, 1.82) is 0 Å². The molecule has 0 aliphatic carbocycles. The number of nitrogens with one attached hydrogen (secondary N) is 4. The lowest BCUT2D eigenvalue weighted by atomic mass is 9.89. The van der Waals surface area contributed by atoms with Gasteiger partial charge in [-0.1, -0.05) is 6.07 Å². The molecule has 3 saturated heterocycles. The highest BCUT2D eigenvalue weighted by molar-refractivity contribution is 9.10. The highest BCUT2D eigenvalue weighted by Gasteiger charge is 2.32. The van der Waals surface area contributed by atoms with Gasteiger partial charge in [-0.25, -0.2) is 13.8 Å². The van der Waals surface area contributed by atoms with E-state index < -0.39 is 25.4 Å². The highest BCUT2D eigenvalue weighted by Crippen LogP contribution is 2.48. The monoisotopic (exact) mass is 1010 g/mol. The van der Waals surface area contributed by atoms with Gasteiger partial charge in [-0.2, -0.15) is 10.1 Å². The Balaban J connectivity index is 0.909. The number of ether oxygens (including phenoxy) is 1. The third kappa shape index (κ3) is 10.8. The Labute approximate surface area is 394 Å². The van der Waals surface area contributed by atoms with Crippen LogP contribution in [0.2, 0.25) is 0 Å². The maximum Gasteiger partial charge on any atom is 0.363 e. The quantitative estimate of drug-likeness (QED) is 0.0676. The molecule has 0 bridgehead atoms. The maximum absolute atomic E-state index is 15.4. The molecule has 0 saturated carbocycles. The molecule has 18 nitrogen and oxygen atoms in total. The first-order valence-corrected chi connectivity index (χ1v) is 24.0. The van der Waals surface area contributed by atoms with Gasteiger partial charge in [0.15, 0.2) is 0 Å². The summed E-state index contributed by atoms with van der Waals surface area (Å²) >= 11 is 3.47. The molecular weight excluding hydrogens is 955 g/mol. The van der Waals surface area contributed by atoms with Crippen LogP contribution in [0.4, 0.5) is 43.3 Å². The van der Waals surface area contributed by atoms with Crippen molar-refractivity contribution in [1.82, 2.24) is 34.9 Å². The first kappa shape index (κ1) is 47.5. The van der Waals surface area contributed by atoms with Crippen molar-refractivity contribution in [3.8, 4) is 16.9 Å². The minimum absolute atomic E-state index is 0.00547. The van der Waals surface area contributed by atoms with Gasteiger partial charge in [0.1, 0.15) is 29.2 Å². The third-order valence-corrected chi connectivity index (χ3v) is 14.8. The standard InChI is InChI=1S/C45H51BrF2N11O7P/c1-56-25-28(23-50-56)32-21-37(53-45-49-24-33(46)43(55-45)52-35-8-5-29(47)19-40(35)67(63,65-3)66-4)39(64-2)22-38(32)58-15-17-59(18-16-58)42(61)26-57-13-11-27(12-14-57)31-7-6-30(20-34(31)48)51-36-9-10-41(60)54-44(36)62/h5-8,19-25,27,36,51H,9-18,26H2,1-4H3,(H,54,60,62)(H2,49,52,53,55). The smallest absolute Gasteiger partial charge is 0.363 e. The number of nitrogens with zero attached hydrogens (tertiary/aromatic N) is 7. The van der Waals surface area contributed by atoms with E-state index in [9.17, 15) is 23.3 Å². The van der Waals surface area contributed by atoms with E-state index in [-0.39, 0.29) is 59.3 Å². The SMILES string of the molecule is COc1cc(N2CCN(C(=O)CN3CCC(c4ccc(NC5CCC(=O)NC5=O)cc4F)CC3)CC2)c(-c2cnn(C)c2)cc1Nc1ncc(Br)c(Nc2ccc(F)cc2P(=O)(OC)OC)n1. The second-order valence-corrected chi connectivity index (χ2v) is 19.5. The molecule has 5 aromatic rings. The molecule has 0 radical (unpaired) electrons. The molecule has 22 heteroatoms. The third-order valence-electron chi connectivity index (χ3n) is 12.3. The van der Waals surface area contributed by atoms with Crippen molar-refractivity contribution in [2.45, 2.75) is 37.6 Å². The number of rotatable bonds is 15. The molecule has 3 amide bonds. The van der Waals surface area contributed by atoms with Crippen LogP contribution in [-0.4, -0.2) is 120 Å². The fourth-order valence-corrected chi connectivity index (χ4v) is 10.2. The second-order valence-electron chi connectivity index (χ2n) is 16.4. The van der Waals surface area contributed by atoms with Crippen LogP contribution in [-0.2, 0) is 35.0 Å². The number of carbonyl (C=O) groups excluding carboxylic acids is 3. The second kappa shape index (κ2) is 20.5. The highest BCUT2D eigenvalue weighted by atomic mass is 79.9. The number of piperidine rings is 2. The number of benzene rings is 3. The first-order chi connectivity index (χ1) is 32.2. The molecule has 0 spiro atoms. The summed E-state index contributed by atoms with van der Waals surface area (Å²) in [6.07, 6.45) is 7.23. The number of halogens is 3. The summed E-state index contributed by atoms with van der Waals surface area (Å²) in [5.41, 5.74) is 4.52. The summed E-state index contributed by atoms with van der Waals surface area (Å²) in [7, 11) is 1.99. The number of hydrogen-bond acceptors (Lipinski definition) is 15. The summed E-state index contributed by atoms with van der Waals surface area (Å²) in [4.78, 5) is 52.7. The Morgan fingerprint density at radius 2 is 1.69 bits per heavy atom. The fourth-order valence-electron chi connectivity index (χ4n) is 8.63. The van der Waals surface area contributed by atoms with E-state index in [1.54, 1.807) is 30.1 Å². The van der Waals surface area contributed by atoms with Gasteiger partial charge in [0, 0.05) is 94.8 Å². The molecule has 1 atom stereocenters. The number of piperazine rings is 1. The minimum Gasteiger partial charge on any atom is -0.494 e. The van der Waals surface area contributed by atoms with Crippen LogP contribution in [0.15, 0.2) is 71.6 Å². The van der Waals surface area contributed by atoms with Crippen LogP contribution in [0.25, 0.3) is 11.1 Å². The first-order valence-electron chi connectivity index (χ1n) is 21.7. The van der Waals surface area contributed by atoms with Crippen molar-refractivity contribution in [3.05, 3.63) is 88.8 Å². The van der Waals surface area contributed by atoms with Gasteiger partial charge in [-0.3, -0.25) is 33.8 Å². The van der Waals surface area contributed by atoms with Crippen LogP contribution in [0, 0.1) is 11.6 Å². The normalized spacial score (nSPS) is 17.3. The van der Waals surface area contributed by atoms with Gasteiger partial charge in [-0.15, -0.1) is 0 Å². The number of imide groups is 1. The summed E-state index contributed by atoms with van der Waals surface area (Å²) < 4.78 is 61.4. The zero-order valence-electron chi connectivity index (χ0n) is 37.4. The number of aryl methyl sites for hydroxylation is 1. The number of likely N-dealkylation sites (tertiary alicyclic amines) is 1. The number of anilines is 6. The maximum atomic E-state index is 15.4. The number of carbonyl (C=O) groups is 3. The van der Waals surface area contributed by atoms with Crippen LogP contribution in [0.1, 0.15) is 37.2 Å². The number of methoxy groups -OCH3 is 1. The molecule has 5 heterocycles. The van der Waals surface area contributed by atoms with Crippen molar-refractivity contribution in [2.24, 2.45) is 7.05 Å². The van der Waals surface area contributed by atoms with Crippen molar-refractivity contribution in [2.75, 3.05) is 88.0 Å². The van der Waals surface area contributed by atoms with Gasteiger partial charge in [0.05, 0.1) is 41.0 Å². The molecule has 354 valence electrons. The number of amides is 3. The average Bonchev–Trinajstić information content (AvgIpc) is 3.77. The van der Waals surface area contributed by atoms with E-state index in [1.165, 1.54) is 38.6 Å². The molecule has 2 aromatic heterocycles. The lowest BCUT2D eigenvalue weighted by Gasteiger charge is -2.39. The zero-order valence-corrected chi connectivity index (χ0v) is 39.8. The van der Waals surface area contributed by atoms with E-state index in [0.717, 1.165) is 22.9 Å². The number of hydrogen-bond donors (Lipinski definition) is 4. The predicted molar refractivity (Wildman–Crippen MR) is 253 cm³/mol. The van der Waals surface area contributed by atoms with Gasteiger partial charge in [0.25, 0.3) is 0 Å². The topological polar surface area (TPSA) is 197 Å². The summed E-state index contributed by atoms with van der Waals surface area (Å²) in [5.74, 6) is -0.647. The van der Waals surface area contributed by atoms with E-state index in [4.69, 9.17) is 13.8 Å². The Morgan fingerprint density at radius 3 is 2.36 bits per heavy atom. The number of aromatic nitrogens is 4. The Morgan fingerprint density at radius 1 is 0.925 bits per heavy atom. The van der Waals surface area contributed by atoms with Gasteiger partial charge < -0.3 is 39.5 Å². The van der Waals surface area contributed by atoms with E-state index >= 15 is 4.39 Å². The summed E-state index contributed by atoms with van der Waals surface area (Å²) in [5, 5.41) is 16.1. The zero-order chi connectivity index (χ0) is 47.4. The minimum atomic E-state index is -3.86. The van der Waals surface area contributed by atoms with Gasteiger partial charge in [0.2, 0.25) is 23.7 Å². The van der Waals surface area contributed by atoms with E-state index in [1.807, 2.05) is 30.3 Å². The van der Waals surface area contributed by atoms with Crippen molar-refractivity contribution < 1.29 is 41.5 Å². The molecule has 3 aliphatic rings. The lowest BCUT2D eigenvalue weighted by molar-refractivity contribution is -0.134. The molecule has 3 aliphatic heterocycles. The van der Waals surface area contributed by atoms with Crippen LogP contribution < -0.4 is 36.2 Å². The Bertz CT molecular complexity index is 2710. The Kier molecular flexibility index (Phi) is 14.5. The molecule has 4 N–H and O–H groups in total. The molecule has 1 unspecified atom stereocenters. The average molecular weight is 1010 g/mol. The molecule has 3 aromatic carbocycles. The van der Waals surface area contributed by atoms with Crippen LogP contribution >= 0.6 is 23.5 Å². The Hall–Kier alpha value is -5.99. The molecular formula is C45H51BrF2N11O7P. The van der Waals surface area contributed by atoms with Gasteiger partial charge in [-0.05, 0) is 96.2 Å². The lowest BCUT2D eigenvalue weighted by Crippen LogP contribution is -2.52. The fraction of sp³-hybridized carbons (Fsp3) is 0.378. The largest absolute Gasteiger partial charge is 0.494 e. The van der Waals surface area contributed by atoms with Crippen LogP contribution in [0.5, 0.6) is 5.75 Å². The summed E-state index contributed by atoms with van der Waals surface area (Å²) in [6.45, 7) is 3.75. The molecule has 8 rings (SSSR count). The van der Waals surface area contributed by atoms with Gasteiger partial charge >= 0.3 is 7.60 Å².